The Balaban J connectivity index is 1.60. The Morgan fingerprint density at radius 2 is 1.73 bits per heavy atom. The van der Waals surface area contributed by atoms with Crippen molar-refractivity contribution in [3.63, 3.8) is 0 Å². The Morgan fingerprint density at radius 1 is 1.05 bits per heavy atom. The maximum Gasteiger partial charge on any atom is 0.343 e. The summed E-state index contributed by atoms with van der Waals surface area (Å²) in [4.78, 5) is 28.3. The van der Waals surface area contributed by atoms with Crippen LogP contribution in [0.1, 0.15) is 101 Å². The van der Waals surface area contributed by atoms with Crippen LogP contribution >= 0.6 is 0 Å². The van der Waals surface area contributed by atoms with Gasteiger partial charge in [-0.2, -0.15) is 0 Å². The van der Waals surface area contributed by atoms with Gasteiger partial charge in [0.25, 0.3) is 0 Å². The molecule has 4 rings (SSSR count). The van der Waals surface area contributed by atoms with Crippen LogP contribution in [0.15, 0.2) is 36.5 Å². The van der Waals surface area contributed by atoms with Gasteiger partial charge >= 0.3 is 5.97 Å². The Bertz CT molecular complexity index is 1070. The molecule has 0 unspecified atom stereocenters. The van der Waals surface area contributed by atoms with Crippen LogP contribution in [0.2, 0.25) is 0 Å². The predicted octanol–water partition coefficient (Wildman–Crippen LogP) is 7.21. The lowest BCUT2D eigenvalue weighted by molar-refractivity contribution is -0.124. The van der Waals surface area contributed by atoms with E-state index in [1.54, 1.807) is 22.7 Å². The van der Waals surface area contributed by atoms with Crippen molar-refractivity contribution >= 4 is 23.8 Å². The van der Waals surface area contributed by atoms with E-state index < -0.39 is 5.97 Å². The van der Waals surface area contributed by atoms with Crippen molar-refractivity contribution in [2.75, 3.05) is 11.5 Å². The van der Waals surface area contributed by atoms with E-state index in [1.807, 2.05) is 26.0 Å². The third kappa shape index (κ3) is 6.71. The minimum absolute atomic E-state index is 0.0333. The molecule has 2 saturated carbocycles. The van der Waals surface area contributed by atoms with Gasteiger partial charge in [-0.25, -0.2) is 9.48 Å². The van der Waals surface area contributed by atoms with Crippen molar-refractivity contribution in [1.82, 2.24) is 9.78 Å². The van der Waals surface area contributed by atoms with E-state index in [-0.39, 0.29) is 24.5 Å². The lowest BCUT2D eigenvalue weighted by Gasteiger charge is -2.32. The molecule has 6 heteroatoms. The highest BCUT2D eigenvalue weighted by molar-refractivity contribution is 6.02. The number of hydrogen-bond acceptors (Lipinski definition) is 4. The summed E-state index contributed by atoms with van der Waals surface area (Å²) < 4.78 is 7.05. The second-order valence-electron chi connectivity index (χ2n) is 11.1. The van der Waals surface area contributed by atoms with Gasteiger partial charge in [0, 0.05) is 18.2 Å². The molecule has 1 aromatic heterocycles. The van der Waals surface area contributed by atoms with Gasteiger partial charge in [-0.15, -0.1) is 5.10 Å². The number of anilines is 1. The van der Waals surface area contributed by atoms with Crippen molar-refractivity contribution in [3.8, 4) is 5.69 Å². The average molecular weight is 506 g/mol. The van der Waals surface area contributed by atoms with Gasteiger partial charge < -0.3 is 4.74 Å². The highest BCUT2D eigenvalue weighted by atomic mass is 16.5. The standard InChI is InChI=1S/C31H43N3O3/c1-5-37-31(36)28-21-33(27-19-15-25(16-20-27)14-13-24-9-7-6-8-10-24)32-29(28)34(22(2)3)30(35)26-17-11-23(4)12-18-26/h13-16,19-24,26H,5-12,17-18H2,1-4H3/b14-13+. The fraction of sp³-hybridized carbons (Fsp3) is 0.581. The van der Waals surface area contributed by atoms with Gasteiger partial charge in [0.2, 0.25) is 5.91 Å². The molecule has 0 spiro atoms. The molecule has 1 amide bonds. The van der Waals surface area contributed by atoms with Gasteiger partial charge in [0.1, 0.15) is 5.56 Å². The summed E-state index contributed by atoms with van der Waals surface area (Å²) in [6.45, 7) is 8.26. The van der Waals surface area contributed by atoms with Crippen LogP contribution in [0.4, 0.5) is 5.82 Å². The first-order valence-electron chi connectivity index (χ1n) is 14.3. The molecule has 37 heavy (non-hydrogen) atoms. The first kappa shape index (κ1) is 27.2. The normalized spacial score (nSPS) is 20.9. The zero-order valence-corrected chi connectivity index (χ0v) is 23.0. The topological polar surface area (TPSA) is 64.4 Å². The number of amides is 1. The van der Waals surface area contributed by atoms with E-state index in [1.165, 1.54) is 32.1 Å². The van der Waals surface area contributed by atoms with Crippen LogP contribution < -0.4 is 4.90 Å². The van der Waals surface area contributed by atoms with E-state index in [0.717, 1.165) is 36.9 Å². The quantitative estimate of drug-likeness (QED) is 0.356. The first-order valence-corrected chi connectivity index (χ1v) is 14.3. The molecule has 2 fully saturated rings. The number of esters is 1. The molecule has 0 atom stereocenters. The molecule has 1 aromatic carbocycles. The second-order valence-corrected chi connectivity index (χ2v) is 11.1. The van der Waals surface area contributed by atoms with Crippen molar-refractivity contribution in [3.05, 3.63) is 47.7 Å². The summed E-state index contributed by atoms with van der Waals surface area (Å²) >= 11 is 0. The van der Waals surface area contributed by atoms with Crippen molar-refractivity contribution in [1.29, 1.82) is 0 Å². The molecule has 0 aliphatic heterocycles. The lowest BCUT2D eigenvalue weighted by Crippen LogP contribution is -2.43. The minimum atomic E-state index is -0.452. The third-order valence-corrected chi connectivity index (χ3v) is 7.91. The summed E-state index contributed by atoms with van der Waals surface area (Å²) in [7, 11) is 0. The van der Waals surface area contributed by atoms with Crippen molar-refractivity contribution in [2.24, 2.45) is 17.8 Å². The lowest BCUT2D eigenvalue weighted by atomic mass is 9.82. The molecular formula is C31H43N3O3. The number of aromatic nitrogens is 2. The van der Waals surface area contributed by atoms with E-state index >= 15 is 0 Å². The van der Waals surface area contributed by atoms with E-state index in [4.69, 9.17) is 9.84 Å². The van der Waals surface area contributed by atoms with Crippen LogP contribution in [-0.2, 0) is 9.53 Å². The molecule has 2 aromatic rings. The maximum atomic E-state index is 13.7. The zero-order chi connectivity index (χ0) is 26.4. The number of hydrogen-bond donors (Lipinski definition) is 0. The van der Waals surface area contributed by atoms with E-state index in [9.17, 15) is 9.59 Å². The van der Waals surface area contributed by atoms with Crippen LogP contribution in [-0.4, -0.2) is 34.3 Å². The molecule has 2 aliphatic carbocycles. The minimum Gasteiger partial charge on any atom is -0.462 e. The van der Waals surface area contributed by atoms with Crippen LogP contribution in [0.25, 0.3) is 11.8 Å². The maximum absolute atomic E-state index is 13.7. The molecule has 200 valence electrons. The van der Waals surface area contributed by atoms with E-state index in [0.29, 0.717) is 23.2 Å². The summed E-state index contributed by atoms with van der Waals surface area (Å²) in [6, 6.07) is 8.05. The molecule has 2 aliphatic rings. The summed E-state index contributed by atoms with van der Waals surface area (Å²) in [5.74, 6) is 1.30. The fourth-order valence-electron chi connectivity index (χ4n) is 5.65. The highest BCUT2D eigenvalue weighted by Crippen LogP contribution is 2.33. The van der Waals surface area contributed by atoms with Gasteiger partial charge in [0.15, 0.2) is 5.82 Å². The Morgan fingerprint density at radius 3 is 2.35 bits per heavy atom. The van der Waals surface area contributed by atoms with Gasteiger partial charge in [-0.05, 0) is 88.8 Å². The average Bonchev–Trinajstić information content (AvgIpc) is 3.33. The molecule has 0 radical (unpaired) electrons. The number of carbonyl (C=O) groups excluding carboxylic acids is 2. The SMILES string of the molecule is CCOC(=O)c1cn(-c2ccc(/C=C/C3CCCCC3)cc2)nc1N(C(=O)C1CCC(C)CC1)C(C)C. The van der Waals surface area contributed by atoms with Gasteiger partial charge in [-0.1, -0.05) is 50.5 Å². The third-order valence-electron chi connectivity index (χ3n) is 7.91. The summed E-state index contributed by atoms with van der Waals surface area (Å²) in [5, 5.41) is 4.79. The predicted molar refractivity (Wildman–Crippen MR) is 149 cm³/mol. The number of ether oxygens (including phenoxy) is 1. The Kier molecular flexibility index (Phi) is 9.23. The smallest absolute Gasteiger partial charge is 0.343 e. The molecular weight excluding hydrogens is 462 g/mol. The van der Waals surface area contributed by atoms with Crippen molar-refractivity contribution < 1.29 is 14.3 Å². The highest BCUT2D eigenvalue weighted by Gasteiger charge is 2.34. The molecule has 6 nitrogen and oxygen atoms in total. The van der Waals surface area contributed by atoms with Gasteiger partial charge in [-0.3, -0.25) is 9.69 Å². The first-order chi connectivity index (χ1) is 17.9. The number of allylic oxidation sites excluding steroid dienone is 1. The molecule has 0 bridgehead atoms. The monoisotopic (exact) mass is 505 g/mol. The number of nitrogens with zero attached hydrogens (tertiary/aromatic N) is 3. The van der Waals surface area contributed by atoms with Crippen LogP contribution in [0.5, 0.6) is 0 Å². The van der Waals surface area contributed by atoms with Gasteiger partial charge in [0.05, 0.1) is 12.3 Å². The number of benzene rings is 1. The Labute approximate surface area is 222 Å². The zero-order valence-electron chi connectivity index (χ0n) is 23.0. The van der Waals surface area contributed by atoms with E-state index in [2.05, 4.69) is 31.2 Å². The summed E-state index contributed by atoms with van der Waals surface area (Å²) in [6.07, 6.45) is 16.7. The second kappa shape index (κ2) is 12.6. The molecule has 1 heterocycles. The van der Waals surface area contributed by atoms with Crippen LogP contribution in [0, 0.1) is 17.8 Å². The van der Waals surface area contributed by atoms with Crippen LogP contribution in [0.3, 0.4) is 0 Å². The number of carbonyl (C=O) groups is 2. The number of rotatable bonds is 8. The summed E-state index contributed by atoms with van der Waals surface area (Å²) in [5.41, 5.74) is 2.32. The fourth-order valence-corrected chi connectivity index (χ4v) is 5.65. The van der Waals surface area contributed by atoms with Crippen molar-refractivity contribution in [2.45, 2.75) is 91.5 Å². The largest absolute Gasteiger partial charge is 0.462 e. The Hall–Kier alpha value is -2.89. The molecule has 0 N–H and O–H groups in total. The molecule has 0 saturated heterocycles.